The van der Waals surface area contributed by atoms with Gasteiger partial charge in [0.05, 0.1) is 5.02 Å². The number of para-hydroxylation sites is 1. The summed E-state index contributed by atoms with van der Waals surface area (Å²) in [4.78, 5) is 28.8. The molecule has 3 rings (SSSR count). The minimum Gasteiger partial charge on any atom is -0.482 e. The first-order chi connectivity index (χ1) is 16.6. The van der Waals surface area contributed by atoms with Crippen LogP contribution in [0.2, 0.25) is 5.02 Å². The van der Waals surface area contributed by atoms with E-state index in [1.54, 1.807) is 29.2 Å². The van der Waals surface area contributed by atoms with Crippen LogP contribution in [0.15, 0.2) is 78.9 Å². The summed E-state index contributed by atoms with van der Waals surface area (Å²) < 4.78 is 5.77. The van der Waals surface area contributed by atoms with E-state index in [0.717, 1.165) is 16.7 Å². The average molecular weight is 493 g/mol. The van der Waals surface area contributed by atoms with E-state index in [0.29, 0.717) is 17.2 Å². The molecule has 0 radical (unpaired) electrons. The number of rotatable bonds is 9. The highest BCUT2D eigenvalue weighted by Crippen LogP contribution is 2.24. The summed E-state index contributed by atoms with van der Waals surface area (Å²) in [6.07, 6.45) is 0.381. The molecule has 35 heavy (non-hydrogen) atoms. The molecule has 6 heteroatoms. The van der Waals surface area contributed by atoms with Gasteiger partial charge in [-0.15, -0.1) is 0 Å². The van der Waals surface area contributed by atoms with Crippen molar-refractivity contribution in [3.05, 3.63) is 101 Å². The Kier molecular flexibility index (Phi) is 8.94. The quantitative estimate of drug-likeness (QED) is 0.424. The van der Waals surface area contributed by atoms with Gasteiger partial charge >= 0.3 is 0 Å². The molecule has 0 aliphatic carbocycles. The van der Waals surface area contributed by atoms with Crippen LogP contribution in [0.5, 0.6) is 5.75 Å². The molecule has 0 aromatic heterocycles. The smallest absolute Gasteiger partial charge is 0.261 e. The van der Waals surface area contributed by atoms with Gasteiger partial charge in [0.1, 0.15) is 11.8 Å². The Morgan fingerprint density at radius 2 is 1.57 bits per heavy atom. The molecule has 1 atom stereocenters. The molecule has 0 unspecified atom stereocenters. The zero-order valence-electron chi connectivity index (χ0n) is 20.8. The Balaban J connectivity index is 1.95. The van der Waals surface area contributed by atoms with E-state index >= 15 is 0 Å². The van der Waals surface area contributed by atoms with E-state index in [2.05, 4.69) is 5.32 Å². The average Bonchev–Trinajstić information content (AvgIpc) is 2.81. The van der Waals surface area contributed by atoms with Crippen LogP contribution in [-0.4, -0.2) is 34.9 Å². The summed E-state index contributed by atoms with van der Waals surface area (Å²) in [5, 5.41) is 3.49. The van der Waals surface area contributed by atoms with Crippen LogP contribution in [0, 0.1) is 6.92 Å². The molecule has 3 aromatic rings. The van der Waals surface area contributed by atoms with E-state index in [1.807, 2.05) is 82.3 Å². The molecular weight excluding hydrogens is 460 g/mol. The molecular formula is C29H33ClN2O3. The molecule has 1 N–H and O–H groups in total. The number of nitrogens with one attached hydrogen (secondary N) is 1. The summed E-state index contributed by atoms with van der Waals surface area (Å²) in [6.45, 7) is 7.84. The number of carbonyl (C=O) groups is 2. The van der Waals surface area contributed by atoms with Gasteiger partial charge in [0.25, 0.3) is 5.91 Å². The second-order valence-corrected chi connectivity index (χ2v) is 10.0. The second-order valence-electron chi connectivity index (χ2n) is 9.61. The highest BCUT2D eigenvalue weighted by molar-refractivity contribution is 6.32. The van der Waals surface area contributed by atoms with E-state index < -0.39 is 11.6 Å². The maximum absolute atomic E-state index is 13.6. The summed E-state index contributed by atoms with van der Waals surface area (Å²) in [5.41, 5.74) is 2.54. The van der Waals surface area contributed by atoms with Gasteiger partial charge in [-0.2, -0.15) is 0 Å². The lowest BCUT2D eigenvalue weighted by atomic mass is 10.00. The maximum Gasteiger partial charge on any atom is 0.261 e. The van der Waals surface area contributed by atoms with Crippen molar-refractivity contribution in [1.29, 1.82) is 0 Å². The molecule has 0 spiro atoms. The third-order valence-corrected chi connectivity index (χ3v) is 5.87. The molecule has 0 aliphatic heterocycles. The van der Waals surface area contributed by atoms with Crippen molar-refractivity contribution in [1.82, 2.24) is 10.2 Å². The Labute approximate surface area is 213 Å². The van der Waals surface area contributed by atoms with Crippen LogP contribution in [0.1, 0.15) is 37.5 Å². The minimum atomic E-state index is -0.724. The van der Waals surface area contributed by atoms with Crippen LogP contribution in [0.25, 0.3) is 0 Å². The second kappa shape index (κ2) is 11.9. The number of nitrogens with zero attached hydrogens (tertiary/aromatic N) is 1. The number of aryl methyl sites for hydroxylation is 1. The van der Waals surface area contributed by atoms with Gasteiger partial charge in [-0.1, -0.05) is 78.3 Å². The third-order valence-electron chi connectivity index (χ3n) is 5.56. The zero-order valence-corrected chi connectivity index (χ0v) is 21.5. The molecule has 2 amide bonds. The first kappa shape index (κ1) is 26.3. The standard InChI is InChI=1S/C29H33ClN2O3/c1-21-12-8-9-15-23(21)19-32(27(33)20-35-26-17-11-10-16-24(26)30)25(28(34)31-29(2,3)4)18-22-13-6-5-7-14-22/h5-17,25H,18-20H2,1-4H3,(H,31,34)/t25-/m1/s1. The Morgan fingerprint density at radius 1 is 0.943 bits per heavy atom. The van der Waals surface area contributed by atoms with Gasteiger partial charge in [-0.05, 0) is 56.5 Å². The van der Waals surface area contributed by atoms with Crippen LogP contribution < -0.4 is 10.1 Å². The molecule has 3 aromatic carbocycles. The first-order valence-corrected chi connectivity index (χ1v) is 12.1. The van der Waals surface area contributed by atoms with E-state index in [4.69, 9.17) is 16.3 Å². The minimum absolute atomic E-state index is 0.207. The fourth-order valence-electron chi connectivity index (χ4n) is 3.76. The van der Waals surface area contributed by atoms with Crippen molar-refractivity contribution in [3.8, 4) is 5.75 Å². The summed E-state index contributed by atoms with van der Waals surface area (Å²) in [6, 6.07) is 23.9. The van der Waals surface area contributed by atoms with Crippen LogP contribution >= 0.6 is 11.6 Å². The topological polar surface area (TPSA) is 58.6 Å². The van der Waals surface area contributed by atoms with Crippen molar-refractivity contribution >= 4 is 23.4 Å². The Bertz CT molecular complexity index is 1140. The van der Waals surface area contributed by atoms with Crippen LogP contribution in [0.4, 0.5) is 0 Å². The molecule has 0 fully saturated rings. The molecule has 0 aliphatic rings. The van der Waals surface area contributed by atoms with Gasteiger partial charge in [0.15, 0.2) is 6.61 Å². The summed E-state index contributed by atoms with van der Waals surface area (Å²) in [5.74, 6) is -0.0729. The van der Waals surface area contributed by atoms with Crippen molar-refractivity contribution in [2.45, 2.75) is 52.2 Å². The van der Waals surface area contributed by atoms with Gasteiger partial charge in [0, 0.05) is 18.5 Å². The Hall–Kier alpha value is -3.31. The van der Waals surface area contributed by atoms with Gasteiger partial charge in [-0.25, -0.2) is 0 Å². The van der Waals surface area contributed by atoms with Crippen molar-refractivity contribution in [3.63, 3.8) is 0 Å². The molecule has 5 nitrogen and oxygen atoms in total. The molecule has 184 valence electrons. The lowest BCUT2D eigenvalue weighted by Crippen LogP contribution is -2.55. The monoisotopic (exact) mass is 492 g/mol. The highest BCUT2D eigenvalue weighted by atomic mass is 35.5. The predicted octanol–water partition coefficient (Wildman–Crippen LogP) is 5.58. The molecule has 0 heterocycles. The van der Waals surface area contributed by atoms with Crippen molar-refractivity contribution in [2.24, 2.45) is 0 Å². The van der Waals surface area contributed by atoms with Crippen LogP contribution in [-0.2, 0) is 22.6 Å². The Morgan fingerprint density at radius 3 is 2.23 bits per heavy atom. The number of ether oxygens (including phenoxy) is 1. The van der Waals surface area contributed by atoms with Crippen molar-refractivity contribution in [2.75, 3.05) is 6.61 Å². The lowest BCUT2D eigenvalue weighted by molar-refractivity contribution is -0.143. The third kappa shape index (κ3) is 7.86. The summed E-state index contributed by atoms with van der Waals surface area (Å²) >= 11 is 6.22. The number of amides is 2. The predicted molar refractivity (Wildman–Crippen MR) is 141 cm³/mol. The number of halogens is 1. The summed E-state index contributed by atoms with van der Waals surface area (Å²) in [7, 11) is 0. The van der Waals surface area contributed by atoms with E-state index in [1.165, 1.54) is 0 Å². The normalized spacial score (nSPS) is 12.0. The van der Waals surface area contributed by atoms with Crippen molar-refractivity contribution < 1.29 is 14.3 Å². The van der Waals surface area contributed by atoms with Gasteiger partial charge in [0.2, 0.25) is 5.91 Å². The highest BCUT2D eigenvalue weighted by Gasteiger charge is 2.32. The largest absolute Gasteiger partial charge is 0.482 e. The number of hydrogen-bond donors (Lipinski definition) is 1. The van der Waals surface area contributed by atoms with E-state index in [-0.39, 0.29) is 25.0 Å². The van der Waals surface area contributed by atoms with E-state index in [9.17, 15) is 9.59 Å². The zero-order chi connectivity index (χ0) is 25.4. The fourth-order valence-corrected chi connectivity index (χ4v) is 3.95. The fraction of sp³-hybridized carbons (Fsp3) is 0.310. The van der Waals surface area contributed by atoms with Crippen LogP contribution in [0.3, 0.4) is 0 Å². The van der Waals surface area contributed by atoms with Gasteiger partial charge < -0.3 is 15.0 Å². The molecule has 0 bridgehead atoms. The lowest BCUT2D eigenvalue weighted by Gasteiger charge is -2.34. The molecule has 0 saturated heterocycles. The SMILES string of the molecule is Cc1ccccc1CN(C(=O)COc1ccccc1Cl)[C@H](Cc1ccccc1)C(=O)NC(C)(C)C. The molecule has 0 saturated carbocycles. The number of carbonyl (C=O) groups excluding carboxylic acids is 2. The first-order valence-electron chi connectivity index (χ1n) is 11.7. The maximum atomic E-state index is 13.6. The number of hydrogen-bond acceptors (Lipinski definition) is 3. The number of benzene rings is 3. The van der Waals surface area contributed by atoms with Gasteiger partial charge in [-0.3, -0.25) is 9.59 Å².